The van der Waals surface area contributed by atoms with Crippen LogP contribution in [-0.4, -0.2) is 36.9 Å². The Morgan fingerprint density at radius 3 is 2.60 bits per heavy atom. The molecule has 0 aliphatic rings. The number of ether oxygens (including phenoxy) is 1. The highest BCUT2D eigenvalue weighted by molar-refractivity contribution is 5.93. The summed E-state index contributed by atoms with van der Waals surface area (Å²) < 4.78 is 4.75. The zero-order valence-electron chi connectivity index (χ0n) is 12.3. The van der Waals surface area contributed by atoms with Crippen molar-refractivity contribution in [3.8, 4) is 0 Å². The van der Waals surface area contributed by atoms with Crippen molar-refractivity contribution in [1.82, 2.24) is 10.2 Å². The average molecular weight is 273 g/mol. The van der Waals surface area contributed by atoms with Gasteiger partial charge in [0.15, 0.2) is 5.82 Å². The molecule has 0 bridgehead atoms. The van der Waals surface area contributed by atoms with E-state index < -0.39 is 0 Å². The second-order valence-corrected chi connectivity index (χ2v) is 4.96. The number of fused-ring (bicyclic) bond motifs is 1. The first-order chi connectivity index (χ1) is 9.54. The van der Waals surface area contributed by atoms with E-state index in [0.717, 1.165) is 22.3 Å². The first-order valence-electron chi connectivity index (χ1n) is 6.55. The first-order valence-corrected chi connectivity index (χ1v) is 6.55. The minimum absolute atomic E-state index is 0.216. The molecule has 1 unspecified atom stereocenters. The molecule has 0 N–H and O–H groups in total. The molecular formula is C15H19N3O2. The summed E-state index contributed by atoms with van der Waals surface area (Å²) in [7, 11) is 3.31. The van der Waals surface area contributed by atoms with Crippen LogP contribution in [0.15, 0.2) is 24.3 Å². The van der Waals surface area contributed by atoms with Gasteiger partial charge in [0.1, 0.15) is 0 Å². The zero-order chi connectivity index (χ0) is 14.7. The van der Waals surface area contributed by atoms with E-state index in [-0.39, 0.29) is 11.9 Å². The Bertz CT molecular complexity index is 628. The number of hydrogen-bond acceptors (Lipinski definition) is 5. The molecule has 2 rings (SSSR count). The number of rotatable bonds is 4. The van der Waals surface area contributed by atoms with Crippen LogP contribution >= 0.6 is 0 Å². The fourth-order valence-electron chi connectivity index (χ4n) is 2.28. The number of anilines is 1. The lowest BCUT2D eigenvalue weighted by Gasteiger charge is -2.22. The van der Waals surface area contributed by atoms with Gasteiger partial charge in [-0.2, -0.15) is 5.10 Å². The molecule has 0 radical (unpaired) electrons. The fourth-order valence-corrected chi connectivity index (χ4v) is 2.28. The molecule has 1 atom stereocenters. The molecule has 106 valence electrons. The molecule has 0 aliphatic heterocycles. The molecule has 0 saturated carbocycles. The Morgan fingerprint density at radius 2 is 1.95 bits per heavy atom. The lowest BCUT2D eigenvalue weighted by molar-refractivity contribution is -0.144. The maximum absolute atomic E-state index is 11.5. The predicted octanol–water partition coefficient (Wildman–Crippen LogP) is 2.18. The van der Waals surface area contributed by atoms with Crippen molar-refractivity contribution in [3.05, 3.63) is 30.0 Å². The summed E-state index contributed by atoms with van der Waals surface area (Å²) in [5, 5.41) is 10.6. The van der Waals surface area contributed by atoms with E-state index in [1.165, 1.54) is 7.11 Å². The van der Waals surface area contributed by atoms with Crippen molar-refractivity contribution in [3.63, 3.8) is 0 Å². The zero-order valence-corrected chi connectivity index (χ0v) is 12.3. The Kier molecular flexibility index (Phi) is 4.17. The predicted molar refractivity (Wildman–Crippen MR) is 78.7 cm³/mol. The first kappa shape index (κ1) is 14.2. The highest BCUT2D eigenvalue weighted by Crippen LogP contribution is 2.25. The number of benzene rings is 1. The highest BCUT2D eigenvalue weighted by Gasteiger charge is 2.18. The van der Waals surface area contributed by atoms with Gasteiger partial charge in [0.05, 0.1) is 18.7 Å². The van der Waals surface area contributed by atoms with Crippen molar-refractivity contribution in [2.45, 2.75) is 13.8 Å². The van der Waals surface area contributed by atoms with Gasteiger partial charge in [0.2, 0.25) is 0 Å². The van der Waals surface area contributed by atoms with E-state index in [4.69, 9.17) is 4.74 Å². The van der Waals surface area contributed by atoms with Crippen LogP contribution < -0.4 is 4.90 Å². The number of carbonyl (C=O) groups is 1. The number of methoxy groups -OCH3 is 1. The molecule has 1 aromatic heterocycles. The molecule has 0 spiro atoms. The highest BCUT2D eigenvalue weighted by atomic mass is 16.5. The largest absolute Gasteiger partial charge is 0.469 e. The van der Waals surface area contributed by atoms with Crippen LogP contribution in [-0.2, 0) is 9.53 Å². The van der Waals surface area contributed by atoms with Crippen LogP contribution in [0.25, 0.3) is 10.8 Å². The van der Waals surface area contributed by atoms with Gasteiger partial charge in [0, 0.05) is 24.4 Å². The van der Waals surface area contributed by atoms with E-state index in [9.17, 15) is 4.79 Å². The summed E-state index contributed by atoms with van der Waals surface area (Å²) in [6, 6.07) is 8.01. The minimum atomic E-state index is -0.221. The van der Waals surface area contributed by atoms with Gasteiger partial charge in [-0.25, -0.2) is 0 Å². The van der Waals surface area contributed by atoms with E-state index in [0.29, 0.717) is 6.54 Å². The molecule has 5 heteroatoms. The van der Waals surface area contributed by atoms with E-state index >= 15 is 0 Å². The van der Waals surface area contributed by atoms with Crippen LogP contribution in [0.4, 0.5) is 5.82 Å². The molecule has 0 fully saturated rings. The van der Waals surface area contributed by atoms with Gasteiger partial charge in [-0.1, -0.05) is 31.2 Å². The number of aromatic nitrogens is 2. The van der Waals surface area contributed by atoms with Gasteiger partial charge < -0.3 is 9.64 Å². The van der Waals surface area contributed by atoms with Crippen molar-refractivity contribution in [2.75, 3.05) is 25.6 Å². The van der Waals surface area contributed by atoms with E-state index in [1.54, 1.807) is 0 Å². The number of esters is 1. The van der Waals surface area contributed by atoms with Crippen molar-refractivity contribution in [1.29, 1.82) is 0 Å². The molecule has 1 aromatic carbocycles. The van der Waals surface area contributed by atoms with Gasteiger partial charge in [-0.05, 0) is 6.92 Å². The lowest BCUT2D eigenvalue weighted by atomic mass is 10.1. The molecule has 2 aromatic rings. The molecule has 0 amide bonds. The van der Waals surface area contributed by atoms with E-state index in [1.807, 2.05) is 50.1 Å². The Balaban J connectivity index is 2.33. The van der Waals surface area contributed by atoms with Crippen LogP contribution in [0.3, 0.4) is 0 Å². The third-order valence-corrected chi connectivity index (χ3v) is 3.37. The van der Waals surface area contributed by atoms with E-state index in [2.05, 4.69) is 10.2 Å². The van der Waals surface area contributed by atoms with Crippen LogP contribution in [0.1, 0.15) is 12.6 Å². The SMILES string of the molecule is COC(=O)C(C)CN(C)c1nnc(C)c2ccccc12. The number of carbonyl (C=O) groups excluding carboxylic acids is 1. The molecule has 5 nitrogen and oxygen atoms in total. The molecule has 0 saturated heterocycles. The summed E-state index contributed by atoms with van der Waals surface area (Å²) >= 11 is 0. The summed E-state index contributed by atoms with van der Waals surface area (Å²) in [5.41, 5.74) is 0.902. The van der Waals surface area contributed by atoms with Crippen molar-refractivity contribution in [2.24, 2.45) is 5.92 Å². The molecule has 1 heterocycles. The lowest BCUT2D eigenvalue weighted by Crippen LogP contribution is -2.30. The Hall–Kier alpha value is -2.17. The smallest absolute Gasteiger partial charge is 0.310 e. The monoisotopic (exact) mass is 273 g/mol. The van der Waals surface area contributed by atoms with Gasteiger partial charge in [-0.15, -0.1) is 5.10 Å². The van der Waals surface area contributed by atoms with Crippen LogP contribution in [0.5, 0.6) is 0 Å². The normalized spacial score (nSPS) is 12.2. The summed E-state index contributed by atoms with van der Waals surface area (Å²) in [5.74, 6) is 0.343. The molecule has 0 aliphatic carbocycles. The van der Waals surface area contributed by atoms with Crippen molar-refractivity contribution >= 4 is 22.6 Å². The maximum Gasteiger partial charge on any atom is 0.310 e. The standard InChI is InChI=1S/C15H19N3O2/c1-10(15(19)20-4)9-18(3)14-13-8-6-5-7-12(13)11(2)16-17-14/h5-8,10H,9H2,1-4H3. The second kappa shape index (κ2) is 5.86. The fraction of sp³-hybridized carbons (Fsp3) is 0.400. The summed E-state index contributed by atoms with van der Waals surface area (Å²) in [6.07, 6.45) is 0. The maximum atomic E-state index is 11.5. The number of nitrogens with zero attached hydrogens (tertiary/aromatic N) is 3. The molecule has 20 heavy (non-hydrogen) atoms. The minimum Gasteiger partial charge on any atom is -0.469 e. The topological polar surface area (TPSA) is 55.3 Å². The van der Waals surface area contributed by atoms with Crippen LogP contribution in [0.2, 0.25) is 0 Å². The van der Waals surface area contributed by atoms with Gasteiger partial charge >= 0.3 is 5.97 Å². The summed E-state index contributed by atoms with van der Waals surface area (Å²) in [6.45, 7) is 4.32. The number of hydrogen-bond donors (Lipinski definition) is 0. The Labute approximate surface area is 118 Å². The Morgan fingerprint density at radius 1 is 1.30 bits per heavy atom. The number of aryl methyl sites for hydroxylation is 1. The molecular weight excluding hydrogens is 254 g/mol. The van der Waals surface area contributed by atoms with Crippen molar-refractivity contribution < 1.29 is 9.53 Å². The quantitative estimate of drug-likeness (QED) is 0.799. The second-order valence-electron chi connectivity index (χ2n) is 4.96. The van der Waals surface area contributed by atoms with Gasteiger partial charge in [-0.3, -0.25) is 4.79 Å². The van der Waals surface area contributed by atoms with Crippen LogP contribution in [0, 0.1) is 12.8 Å². The third-order valence-electron chi connectivity index (χ3n) is 3.37. The average Bonchev–Trinajstić information content (AvgIpc) is 2.46. The summed E-state index contributed by atoms with van der Waals surface area (Å²) in [4.78, 5) is 13.5. The third kappa shape index (κ3) is 2.71. The van der Waals surface area contributed by atoms with Gasteiger partial charge in [0.25, 0.3) is 0 Å².